The Hall–Kier alpha value is -3.84. The van der Waals surface area contributed by atoms with Gasteiger partial charge in [0.05, 0.1) is 28.7 Å². The van der Waals surface area contributed by atoms with Gasteiger partial charge in [0.1, 0.15) is 0 Å². The van der Waals surface area contributed by atoms with Gasteiger partial charge in [-0.1, -0.05) is 17.3 Å². The van der Waals surface area contributed by atoms with Crippen molar-refractivity contribution in [2.75, 3.05) is 5.32 Å². The molecule has 10 heteroatoms. The molecule has 0 saturated heterocycles. The summed E-state index contributed by atoms with van der Waals surface area (Å²) in [7, 11) is 0. The number of halogens is 1. The number of terminal acetylenes is 1. The number of aromatic nitrogens is 5. The fourth-order valence-corrected chi connectivity index (χ4v) is 5.71. The maximum Gasteiger partial charge on any atom is 0.217 e. The zero-order valence-corrected chi connectivity index (χ0v) is 21.8. The summed E-state index contributed by atoms with van der Waals surface area (Å²) >= 11 is 1.26. The molecule has 8 nitrogen and oxygen atoms in total. The molecule has 0 unspecified atom stereocenters. The first kappa shape index (κ1) is 24.8. The molecule has 1 amide bonds. The average molecular weight is 518 g/mol. The molecule has 5 rings (SSSR count). The van der Waals surface area contributed by atoms with Crippen LogP contribution in [0.1, 0.15) is 57.0 Å². The van der Waals surface area contributed by atoms with E-state index in [0.29, 0.717) is 41.3 Å². The second-order valence-electron chi connectivity index (χ2n) is 9.71. The molecule has 1 fully saturated rings. The molecule has 0 bridgehead atoms. The van der Waals surface area contributed by atoms with Gasteiger partial charge >= 0.3 is 0 Å². The predicted octanol–water partition coefficient (Wildman–Crippen LogP) is 4.96. The Morgan fingerprint density at radius 2 is 2.03 bits per heavy atom. The molecule has 0 radical (unpaired) electrons. The molecule has 4 aromatic rings. The molecule has 37 heavy (non-hydrogen) atoms. The normalized spacial score (nSPS) is 19.6. The van der Waals surface area contributed by atoms with Crippen LogP contribution < -0.4 is 10.6 Å². The first-order valence-corrected chi connectivity index (χ1v) is 13.1. The number of nitrogens with zero attached hydrogens (tertiary/aromatic N) is 5. The van der Waals surface area contributed by atoms with E-state index in [-0.39, 0.29) is 18.0 Å². The van der Waals surface area contributed by atoms with Crippen molar-refractivity contribution in [1.82, 2.24) is 30.1 Å². The molecule has 4 heterocycles. The van der Waals surface area contributed by atoms with Crippen LogP contribution in [-0.2, 0) is 10.5 Å². The first-order valence-electron chi connectivity index (χ1n) is 12.3. The number of rotatable bonds is 6. The van der Waals surface area contributed by atoms with Crippen LogP contribution >= 0.6 is 11.3 Å². The molecule has 1 saturated carbocycles. The van der Waals surface area contributed by atoms with Gasteiger partial charge in [-0.2, -0.15) is 5.10 Å². The van der Waals surface area contributed by atoms with Crippen LogP contribution in [0.5, 0.6) is 0 Å². The molecular weight excluding hydrogens is 489 g/mol. The Morgan fingerprint density at radius 3 is 2.73 bits per heavy atom. The number of alkyl halides is 1. The Bertz CT molecular complexity index is 1490. The summed E-state index contributed by atoms with van der Waals surface area (Å²) in [6.45, 7) is 5.59. The van der Waals surface area contributed by atoms with Crippen LogP contribution in [0.3, 0.4) is 0 Å². The summed E-state index contributed by atoms with van der Waals surface area (Å²) < 4.78 is 17.7. The molecule has 2 N–H and O–H groups in total. The minimum absolute atomic E-state index is 0.00476. The van der Waals surface area contributed by atoms with Gasteiger partial charge in [0.25, 0.3) is 0 Å². The van der Waals surface area contributed by atoms with E-state index < -0.39 is 5.67 Å². The highest BCUT2D eigenvalue weighted by Crippen LogP contribution is 2.44. The highest BCUT2D eigenvalue weighted by molar-refractivity contribution is 7.14. The molecule has 0 aliphatic heterocycles. The first-order chi connectivity index (χ1) is 17.8. The van der Waals surface area contributed by atoms with Gasteiger partial charge in [-0.25, -0.2) is 8.91 Å². The van der Waals surface area contributed by atoms with E-state index in [1.165, 1.54) is 18.3 Å². The molecule has 0 spiro atoms. The average Bonchev–Trinajstić information content (AvgIpc) is 3.52. The van der Waals surface area contributed by atoms with Crippen LogP contribution in [0, 0.1) is 12.3 Å². The lowest BCUT2D eigenvalue weighted by Crippen LogP contribution is -2.39. The number of fused-ring (bicyclic) bond motifs is 1. The maximum atomic E-state index is 15.8. The van der Waals surface area contributed by atoms with Crippen molar-refractivity contribution >= 4 is 28.4 Å². The summed E-state index contributed by atoms with van der Waals surface area (Å²) in [5.41, 5.74) is 3.20. The van der Waals surface area contributed by atoms with E-state index in [2.05, 4.69) is 45.7 Å². The summed E-state index contributed by atoms with van der Waals surface area (Å²) in [4.78, 5) is 16.1. The van der Waals surface area contributed by atoms with E-state index in [1.54, 1.807) is 16.9 Å². The van der Waals surface area contributed by atoms with Crippen molar-refractivity contribution in [2.24, 2.45) is 0 Å². The Morgan fingerprint density at radius 1 is 1.24 bits per heavy atom. The number of nitrogens with one attached hydrogen (secondary N) is 2. The number of pyridine rings is 1. The molecular formula is C27H28FN7OS. The molecule has 0 atom stereocenters. The van der Waals surface area contributed by atoms with Crippen molar-refractivity contribution in [2.45, 2.75) is 64.2 Å². The Balaban J connectivity index is 1.45. The van der Waals surface area contributed by atoms with Gasteiger partial charge in [0, 0.05) is 36.5 Å². The lowest BCUT2D eigenvalue weighted by Gasteiger charge is -2.32. The van der Waals surface area contributed by atoms with Crippen molar-refractivity contribution in [3.8, 4) is 34.3 Å². The van der Waals surface area contributed by atoms with Crippen molar-refractivity contribution in [3.05, 3.63) is 47.2 Å². The summed E-state index contributed by atoms with van der Waals surface area (Å²) in [5.74, 6) is 2.52. The van der Waals surface area contributed by atoms with E-state index in [0.717, 1.165) is 28.2 Å². The third-order valence-corrected chi connectivity index (χ3v) is 7.64. The highest BCUT2D eigenvalue weighted by atomic mass is 32.1. The largest absolute Gasteiger partial charge is 0.382 e. The fourth-order valence-electron chi connectivity index (χ4n) is 4.70. The van der Waals surface area contributed by atoms with Crippen molar-refractivity contribution in [3.63, 3.8) is 0 Å². The number of amides is 1. The fraction of sp³-hybridized carbons (Fsp3) is 0.370. The van der Waals surface area contributed by atoms with Gasteiger partial charge in [0.2, 0.25) is 5.91 Å². The maximum absolute atomic E-state index is 15.8. The monoisotopic (exact) mass is 517 g/mol. The molecule has 1 aliphatic carbocycles. The molecule has 1 aliphatic rings. The topological polar surface area (TPSA) is 97.1 Å². The summed E-state index contributed by atoms with van der Waals surface area (Å²) in [6, 6.07) is 7.92. The smallest absolute Gasteiger partial charge is 0.217 e. The van der Waals surface area contributed by atoms with Gasteiger partial charge in [0.15, 0.2) is 15.7 Å². The van der Waals surface area contributed by atoms with E-state index in [1.807, 2.05) is 24.3 Å². The van der Waals surface area contributed by atoms with Gasteiger partial charge in [-0.3, -0.25) is 9.78 Å². The third kappa shape index (κ3) is 5.04. The lowest BCUT2D eigenvalue weighted by molar-refractivity contribution is -0.120. The number of hydrogen-bond donors (Lipinski definition) is 2. The molecule has 4 aromatic heterocycles. The van der Waals surface area contributed by atoms with Gasteiger partial charge < -0.3 is 10.6 Å². The standard InChI is InChI=1S/C27H28FN7OS/c1-5-18-12-20-6-7-24(35(20)30-14-18)23-13-22(31-16(2)3)21(15-29-23)25-33-34-26(37-25)27(28)10-8-19(9-11-27)32-17(4)36/h1,6-7,12-16,19H,8-11H2,2-4H3,(H,29,31)(H,32,36). The van der Waals surface area contributed by atoms with Gasteiger partial charge in [-0.05, 0) is 63.8 Å². The van der Waals surface area contributed by atoms with Gasteiger partial charge in [-0.15, -0.1) is 16.6 Å². The molecule has 0 aromatic carbocycles. The molecule has 190 valence electrons. The summed E-state index contributed by atoms with van der Waals surface area (Å²) in [5, 5.41) is 20.4. The van der Waals surface area contributed by atoms with Crippen LogP contribution in [0.2, 0.25) is 0 Å². The SMILES string of the molecule is C#Cc1cnn2c(-c3cc(NC(C)C)c(-c4nnc(C5(F)CCC(NC(C)=O)CC5)s4)cn3)ccc2c1. The van der Waals surface area contributed by atoms with Crippen molar-refractivity contribution in [1.29, 1.82) is 0 Å². The van der Waals surface area contributed by atoms with Crippen LogP contribution in [0.4, 0.5) is 10.1 Å². The van der Waals surface area contributed by atoms with E-state index >= 15 is 4.39 Å². The number of anilines is 1. The second kappa shape index (κ2) is 9.90. The highest BCUT2D eigenvalue weighted by Gasteiger charge is 2.40. The predicted molar refractivity (Wildman–Crippen MR) is 143 cm³/mol. The number of carbonyl (C=O) groups is 1. The lowest BCUT2D eigenvalue weighted by atomic mass is 9.84. The van der Waals surface area contributed by atoms with E-state index in [4.69, 9.17) is 11.4 Å². The second-order valence-corrected chi connectivity index (χ2v) is 10.7. The number of carbonyl (C=O) groups excluding carboxylic acids is 1. The van der Waals surface area contributed by atoms with Crippen LogP contribution in [-0.4, -0.2) is 42.8 Å². The van der Waals surface area contributed by atoms with Crippen LogP contribution in [0.25, 0.3) is 27.5 Å². The van der Waals surface area contributed by atoms with Crippen molar-refractivity contribution < 1.29 is 9.18 Å². The number of hydrogen-bond acceptors (Lipinski definition) is 7. The summed E-state index contributed by atoms with van der Waals surface area (Å²) in [6.07, 6.45) is 10.7. The van der Waals surface area contributed by atoms with Crippen LogP contribution in [0.15, 0.2) is 36.7 Å². The minimum Gasteiger partial charge on any atom is -0.382 e. The quantitative estimate of drug-likeness (QED) is 0.351. The zero-order valence-electron chi connectivity index (χ0n) is 21.0. The van der Waals surface area contributed by atoms with E-state index in [9.17, 15) is 4.79 Å². The Kier molecular flexibility index (Phi) is 6.65. The Labute approximate surface area is 218 Å². The third-order valence-electron chi connectivity index (χ3n) is 6.50. The zero-order chi connectivity index (χ0) is 26.2. The minimum atomic E-state index is -1.54.